The number of hydrogen-bond donors (Lipinski definition) is 2. The SMILES string of the molecule is CON=C1C[C@@H](C)O[C@@H](O[C@@H]2[C@@H](C)[C@H](O[C@H]3C[C@@]4(C)OC(=O)OC4[C@H](C)O3)C(C)C(=O)O[C@H]([C@@H](C)COC3O[C@H](C)[C@@H](O)[C@@H](OC)[C@H]3OC)[C@H](C)[C@@H](OC(=O)CC(C)C)[C@@H](C)C(=O)[C@@](C)(OC(=O)n3ccnc3)C[C@@H]2C)[C@@H]1O. The number of ether oxygens (including phenoxy) is 13. The maximum atomic E-state index is 15.7. The molecule has 24 nitrogen and oxygen atoms in total. The molecule has 5 saturated heterocycles. The van der Waals surface area contributed by atoms with Gasteiger partial charge in [-0.3, -0.25) is 14.4 Å². The Bertz CT molecular complexity index is 2220. The summed E-state index contributed by atoms with van der Waals surface area (Å²) in [5.41, 5.74) is -2.97. The lowest BCUT2D eigenvalue weighted by Gasteiger charge is -2.46. The molecule has 442 valence electrons. The second-order valence-electron chi connectivity index (χ2n) is 22.9. The van der Waals surface area contributed by atoms with Gasteiger partial charge in [-0.1, -0.05) is 53.6 Å². The van der Waals surface area contributed by atoms with Crippen LogP contribution in [-0.2, 0) is 80.8 Å². The highest BCUT2D eigenvalue weighted by molar-refractivity contribution is 5.92. The smallest absolute Gasteiger partial charge is 0.461 e. The van der Waals surface area contributed by atoms with Crippen molar-refractivity contribution in [1.29, 1.82) is 0 Å². The fourth-order valence-corrected chi connectivity index (χ4v) is 11.9. The first kappa shape index (κ1) is 62.8. The van der Waals surface area contributed by atoms with Gasteiger partial charge in [0.15, 0.2) is 42.0 Å². The molecule has 0 aromatic carbocycles. The molecule has 23 atom stereocenters. The minimum atomic E-state index is -2.02. The number of imidazole rings is 1. The van der Waals surface area contributed by atoms with Gasteiger partial charge in [0, 0.05) is 63.6 Å². The van der Waals surface area contributed by atoms with Crippen LogP contribution in [0.25, 0.3) is 0 Å². The molecule has 0 amide bonds. The first-order valence-corrected chi connectivity index (χ1v) is 27.1. The zero-order valence-corrected chi connectivity index (χ0v) is 48.0. The normalized spacial score (nSPS) is 41.9. The van der Waals surface area contributed by atoms with Gasteiger partial charge >= 0.3 is 24.2 Å². The van der Waals surface area contributed by atoms with Gasteiger partial charge in [-0.15, -0.1) is 0 Å². The molecule has 5 aliphatic heterocycles. The number of rotatable bonds is 15. The molecular weight excluding hydrogens is 1030 g/mol. The Morgan fingerprint density at radius 3 is 2.14 bits per heavy atom. The average molecular weight is 1110 g/mol. The summed E-state index contributed by atoms with van der Waals surface area (Å²) in [5, 5.41) is 26.7. The molecule has 24 heteroatoms. The van der Waals surface area contributed by atoms with Crippen LogP contribution in [0, 0.1) is 41.4 Å². The number of aliphatic hydroxyl groups excluding tert-OH is 2. The number of aromatic nitrogens is 2. The van der Waals surface area contributed by atoms with Crippen molar-refractivity contribution in [2.45, 2.75) is 219 Å². The van der Waals surface area contributed by atoms with E-state index in [0.29, 0.717) is 0 Å². The highest BCUT2D eigenvalue weighted by Gasteiger charge is 2.58. The van der Waals surface area contributed by atoms with Crippen molar-refractivity contribution in [3.05, 3.63) is 18.7 Å². The number of hydrogen-bond acceptors (Lipinski definition) is 23. The molecule has 5 aliphatic rings. The molecule has 0 radical (unpaired) electrons. The lowest BCUT2D eigenvalue weighted by molar-refractivity contribution is -0.305. The number of aliphatic hydroxyl groups is 2. The molecule has 6 rings (SSSR count). The lowest BCUT2D eigenvalue weighted by atomic mass is 9.74. The fraction of sp³-hybridized carbons (Fsp3) is 0.833. The number of Topliss-reactive ketones (excluding diaryl/α,β-unsaturated/α-hetero) is 1. The molecule has 0 aliphatic carbocycles. The minimum absolute atomic E-state index is 0.0178. The zero-order chi connectivity index (χ0) is 57.7. The largest absolute Gasteiger partial charge is 0.509 e. The Balaban J connectivity index is 1.51. The summed E-state index contributed by atoms with van der Waals surface area (Å²) in [5.74, 6) is -8.09. The molecule has 3 unspecified atom stereocenters. The van der Waals surface area contributed by atoms with Gasteiger partial charge in [0.25, 0.3) is 0 Å². The van der Waals surface area contributed by atoms with Crippen molar-refractivity contribution < 1.29 is 101 Å². The van der Waals surface area contributed by atoms with Crippen LogP contribution in [0.5, 0.6) is 0 Å². The molecule has 78 heavy (non-hydrogen) atoms. The minimum Gasteiger partial charge on any atom is -0.461 e. The second-order valence-corrected chi connectivity index (χ2v) is 22.9. The van der Waals surface area contributed by atoms with Crippen LogP contribution in [0.1, 0.15) is 116 Å². The predicted molar refractivity (Wildman–Crippen MR) is 272 cm³/mol. The van der Waals surface area contributed by atoms with E-state index in [-0.39, 0.29) is 43.9 Å². The van der Waals surface area contributed by atoms with E-state index in [9.17, 15) is 24.6 Å². The van der Waals surface area contributed by atoms with E-state index in [4.69, 9.17) is 66.4 Å². The Morgan fingerprint density at radius 1 is 0.821 bits per heavy atom. The highest BCUT2D eigenvalue weighted by atomic mass is 16.8. The van der Waals surface area contributed by atoms with Crippen molar-refractivity contribution in [1.82, 2.24) is 9.55 Å². The van der Waals surface area contributed by atoms with E-state index in [0.717, 1.165) is 4.57 Å². The summed E-state index contributed by atoms with van der Waals surface area (Å²) in [6.45, 7) is 22.0. The van der Waals surface area contributed by atoms with Gasteiger partial charge in [-0.25, -0.2) is 19.1 Å². The number of carbonyl (C=O) groups is 5. The number of ketones is 1. The van der Waals surface area contributed by atoms with Crippen molar-refractivity contribution in [2.24, 2.45) is 46.6 Å². The van der Waals surface area contributed by atoms with Crippen LogP contribution in [0.2, 0.25) is 0 Å². The monoisotopic (exact) mass is 1110 g/mol. The van der Waals surface area contributed by atoms with Crippen LogP contribution in [0.3, 0.4) is 0 Å². The van der Waals surface area contributed by atoms with Gasteiger partial charge in [0.2, 0.25) is 0 Å². The summed E-state index contributed by atoms with van der Waals surface area (Å²) >= 11 is 0. The standard InChI is InChI=1S/C54H85N3O21/c1-25(2)19-36(58)72-42-30(7)41(27(4)23-68-50-45(66-15)44(65-14)38(59)33(10)71-50)74-48(62)32(9)43(73-37-22-54(13)47(34(11)70-37)76-52(64)78-54)29(6)40(75-49-39(60)35(56-67-16)20-28(5)69-49)26(3)21-53(12,46(61)31(42)8)77-51(63)57-18-17-55-24-57/h17-18,24-34,37-45,47,49-50,59-60H,19-23H2,1-16H3/t26-,27-,28+,29+,30-,31+,32?,33+,34-,37-,38+,39+,40-,41+,42+,43-,44+,45+,47?,49-,50?,53-,54+/m0/s1. The molecular formula is C54H85N3O21. The summed E-state index contributed by atoms with van der Waals surface area (Å²) in [4.78, 5) is 80.8. The second kappa shape index (κ2) is 26.5. The number of cyclic esters (lactones) is 1. The van der Waals surface area contributed by atoms with E-state index in [1.165, 1.54) is 47.0 Å². The fourth-order valence-electron chi connectivity index (χ4n) is 11.9. The van der Waals surface area contributed by atoms with Crippen LogP contribution >= 0.6 is 0 Å². The first-order valence-electron chi connectivity index (χ1n) is 27.1. The van der Waals surface area contributed by atoms with E-state index in [1.807, 2.05) is 13.8 Å². The Labute approximate surface area is 456 Å². The van der Waals surface area contributed by atoms with E-state index < -0.39 is 169 Å². The number of carbonyl (C=O) groups excluding carboxylic acids is 5. The molecule has 0 bridgehead atoms. The number of oxime groups is 1. The Morgan fingerprint density at radius 2 is 1.51 bits per heavy atom. The zero-order valence-electron chi connectivity index (χ0n) is 48.0. The Hall–Kier alpha value is -4.37. The molecule has 2 N–H and O–H groups in total. The van der Waals surface area contributed by atoms with Gasteiger partial charge in [0.05, 0.1) is 54.7 Å². The van der Waals surface area contributed by atoms with Crippen LogP contribution in [-0.4, -0.2) is 187 Å². The molecule has 1 aromatic heterocycles. The quantitative estimate of drug-likeness (QED) is 0.131. The summed E-state index contributed by atoms with van der Waals surface area (Å²) in [6, 6.07) is 0. The number of fused-ring (bicyclic) bond motifs is 1. The third-order valence-corrected chi connectivity index (χ3v) is 15.9. The predicted octanol–water partition coefficient (Wildman–Crippen LogP) is 5.14. The van der Waals surface area contributed by atoms with Gasteiger partial charge < -0.3 is 76.6 Å². The number of esters is 2. The molecule has 0 saturated carbocycles. The van der Waals surface area contributed by atoms with Crippen molar-refractivity contribution in [3.63, 3.8) is 0 Å². The number of nitrogens with zero attached hydrogens (tertiary/aromatic N) is 3. The maximum Gasteiger partial charge on any atom is 0.509 e. The van der Waals surface area contributed by atoms with Crippen LogP contribution < -0.4 is 0 Å². The van der Waals surface area contributed by atoms with Crippen molar-refractivity contribution in [3.8, 4) is 0 Å². The number of methoxy groups -OCH3 is 2. The van der Waals surface area contributed by atoms with E-state index in [2.05, 4.69) is 10.1 Å². The lowest BCUT2D eigenvalue weighted by Crippen LogP contribution is -2.59. The van der Waals surface area contributed by atoms with E-state index >= 15 is 9.59 Å². The molecule has 1 aromatic rings. The van der Waals surface area contributed by atoms with Crippen LogP contribution in [0.15, 0.2) is 23.9 Å². The topological polar surface area (TPSA) is 285 Å². The maximum absolute atomic E-state index is 15.7. The third-order valence-electron chi connectivity index (χ3n) is 15.9. The molecule has 0 spiro atoms. The van der Waals surface area contributed by atoms with Gasteiger partial charge in [-0.2, -0.15) is 0 Å². The van der Waals surface area contributed by atoms with E-state index in [1.54, 1.807) is 69.2 Å². The highest BCUT2D eigenvalue weighted by Crippen LogP contribution is 2.44. The molecule has 6 heterocycles. The molecule has 5 fully saturated rings. The average Bonchev–Trinajstić information content (AvgIpc) is 4.09. The first-order chi connectivity index (χ1) is 36.7. The third kappa shape index (κ3) is 14.2. The summed E-state index contributed by atoms with van der Waals surface area (Å²) in [7, 11) is 4.21. The van der Waals surface area contributed by atoms with Gasteiger partial charge in [-0.05, 0) is 59.8 Å². The van der Waals surface area contributed by atoms with Gasteiger partial charge in [0.1, 0.15) is 50.1 Å². The van der Waals surface area contributed by atoms with Crippen molar-refractivity contribution >= 4 is 35.7 Å². The summed E-state index contributed by atoms with van der Waals surface area (Å²) < 4.78 is 81.9. The van der Waals surface area contributed by atoms with Crippen molar-refractivity contribution in [2.75, 3.05) is 27.9 Å². The Kier molecular flexibility index (Phi) is 21.3. The summed E-state index contributed by atoms with van der Waals surface area (Å²) in [6.07, 6.45) is -13.3. The van der Waals surface area contributed by atoms with Crippen LogP contribution in [0.4, 0.5) is 9.59 Å².